The average molecular weight is 293 g/mol. The van der Waals surface area contributed by atoms with Crippen LogP contribution in [0, 0.1) is 11.6 Å². The summed E-state index contributed by atoms with van der Waals surface area (Å²) in [6.45, 7) is -0.478. The predicted octanol–water partition coefficient (Wildman–Crippen LogP) is 0.942. The average Bonchev–Trinajstić information content (AvgIpc) is 2.12. The Morgan fingerprint density at radius 3 is 2.25 bits per heavy atom. The van der Waals surface area contributed by atoms with Gasteiger partial charge in [0.1, 0.15) is 17.2 Å². The zero-order valence-electron chi connectivity index (χ0n) is 7.89. The summed E-state index contributed by atoms with van der Waals surface area (Å²) in [5.74, 6) is -3.87. The van der Waals surface area contributed by atoms with E-state index in [-0.39, 0.29) is 4.47 Å². The number of amides is 2. The van der Waals surface area contributed by atoms with Gasteiger partial charge < -0.3 is 11.1 Å². The number of nitrogens with one attached hydrogen (secondary N) is 1. The first-order valence-electron chi connectivity index (χ1n) is 4.13. The maximum Gasteiger partial charge on any atom is 0.257 e. The molecule has 0 aliphatic carbocycles. The quantitative estimate of drug-likeness (QED) is 0.870. The van der Waals surface area contributed by atoms with Crippen LogP contribution >= 0.6 is 15.9 Å². The number of carbonyl (C=O) groups is 2. The van der Waals surface area contributed by atoms with Gasteiger partial charge >= 0.3 is 0 Å². The topological polar surface area (TPSA) is 72.2 Å². The van der Waals surface area contributed by atoms with Gasteiger partial charge in [0, 0.05) is 4.47 Å². The molecule has 1 aromatic carbocycles. The van der Waals surface area contributed by atoms with Gasteiger partial charge in [-0.25, -0.2) is 8.78 Å². The second-order valence-electron chi connectivity index (χ2n) is 2.89. The first-order chi connectivity index (χ1) is 7.41. The molecule has 0 saturated carbocycles. The minimum atomic E-state index is -1.03. The lowest BCUT2D eigenvalue weighted by Crippen LogP contribution is -2.34. The lowest BCUT2D eigenvalue weighted by molar-refractivity contribution is -0.117. The summed E-state index contributed by atoms with van der Waals surface area (Å²) in [5.41, 5.74) is 4.02. The molecule has 0 bridgehead atoms. The lowest BCUT2D eigenvalue weighted by Gasteiger charge is -2.05. The number of hydrogen-bond donors (Lipinski definition) is 2. The van der Waals surface area contributed by atoms with Gasteiger partial charge in [-0.3, -0.25) is 9.59 Å². The molecule has 0 atom stereocenters. The van der Waals surface area contributed by atoms with Crippen molar-refractivity contribution in [1.29, 1.82) is 0 Å². The maximum atomic E-state index is 13.2. The van der Waals surface area contributed by atoms with Crippen LogP contribution in [0.15, 0.2) is 16.6 Å². The third kappa shape index (κ3) is 2.99. The highest BCUT2D eigenvalue weighted by molar-refractivity contribution is 9.10. The molecule has 16 heavy (non-hydrogen) atoms. The Balaban J connectivity index is 2.95. The highest BCUT2D eigenvalue weighted by atomic mass is 79.9. The number of nitrogens with two attached hydrogens (primary N) is 1. The second-order valence-corrected chi connectivity index (χ2v) is 3.81. The van der Waals surface area contributed by atoms with Crippen LogP contribution < -0.4 is 11.1 Å². The first-order valence-corrected chi connectivity index (χ1v) is 4.92. The fourth-order valence-electron chi connectivity index (χ4n) is 1.01. The fourth-order valence-corrected chi connectivity index (χ4v) is 1.42. The Hall–Kier alpha value is -1.50. The molecular formula is C9H7BrF2N2O2. The van der Waals surface area contributed by atoms with Crippen LogP contribution in [0.1, 0.15) is 10.4 Å². The molecule has 0 spiro atoms. The van der Waals surface area contributed by atoms with Gasteiger partial charge in [0.25, 0.3) is 5.91 Å². The fraction of sp³-hybridized carbons (Fsp3) is 0.111. The maximum absolute atomic E-state index is 13.2. The summed E-state index contributed by atoms with van der Waals surface area (Å²) in [5, 5.41) is 1.99. The standard InChI is InChI=1S/C9H7BrF2N2O2/c10-4-1-5(11)8(6(12)2-4)9(16)14-3-7(13)15/h1-2H,3H2,(H2,13,15)(H,14,16). The third-order valence-corrected chi connectivity index (χ3v) is 2.11. The molecule has 2 amide bonds. The largest absolute Gasteiger partial charge is 0.368 e. The van der Waals surface area contributed by atoms with Crippen molar-refractivity contribution in [1.82, 2.24) is 5.32 Å². The Morgan fingerprint density at radius 1 is 1.31 bits per heavy atom. The highest BCUT2D eigenvalue weighted by Gasteiger charge is 2.18. The van der Waals surface area contributed by atoms with E-state index in [0.717, 1.165) is 12.1 Å². The van der Waals surface area contributed by atoms with E-state index < -0.39 is 35.6 Å². The molecule has 86 valence electrons. The van der Waals surface area contributed by atoms with E-state index in [2.05, 4.69) is 15.9 Å². The number of carbonyl (C=O) groups excluding carboxylic acids is 2. The number of benzene rings is 1. The van der Waals surface area contributed by atoms with Crippen molar-refractivity contribution in [3.05, 3.63) is 33.8 Å². The summed E-state index contributed by atoms with van der Waals surface area (Å²) < 4.78 is 26.7. The van der Waals surface area contributed by atoms with Crippen molar-refractivity contribution in [2.24, 2.45) is 5.73 Å². The van der Waals surface area contributed by atoms with E-state index in [9.17, 15) is 18.4 Å². The van der Waals surface area contributed by atoms with E-state index in [4.69, 9.17) is 5.73 Å². The Bertz CT molecular complexity index is 428. The number of halogens is 3. The van der Waals surface area contributed by atoms with Crippen molar-refractivity contribution in [3.63, 3.8) is 0 Å². The molecular weight excluding hydrogens is 286 g/mol. The number of rotatable bonds is 3. The molecule has 0 radical (unpaired) electrons. The van der Waals surface area contributed by atoms with Gasteiger partial charge in [-0.15, -0.1) is 0 Å². The molecule has 1 rings (SSSR count). The van der Waals surface area contributed by atoms with Gasteiger partial charge in [-0.2, -0.15) is 0 Å². The first kappa shape index (κ1) is 12.6. The zero-order chi connectivity index (χ0) is 12.3. The van der Waals surface area contributed by atoms with Gasteiger partial charge in [0.05, 0.1) is 6.54 Å². The molecule has 0 saturated heterocycles. The van der Waals surface area contributed by atoms with Crippen LogP contribution in [-0.2, 0) is 4.79 Å². The summed E-state index contributed by atoms with van der Waals surface area (Å²) in [7, 11) is 0. The predicted molar refractivity (Wildman–Crippen MR) is 55.6 cm³/mol. The minimum Gasteiger partial charge on any atom is -0.368 e. The van der Waals surface area contributed by atoms with Crippen LogP contribution in [-0.4, -0.2) is 18.4 Å². The van der Waals surface area contributed by atoms with E-state index in [1.54, 1.807) is 0 Å². The molecule has 0 aliphatic heterocycles. The molecule has 4 nitrogen and oxygen atoms in total. The molecule has 0 unspecified atom stereocenters. The van der Waals surface area contributed by atoms with Crippen molar-refractivity contribution >= 4 is 27.7 Å². The minimum absolute atomic E-state index is 0.175. The van der Waals surface area contributed by atoms with E-state index in [1.807, 2.05) is 5.32 Å². The van der Waals surface area contributed by atoms with Gasteiger partial charge in [0.15, 0.2) is 0 Å². The number of hydrogen-bond acceptors (Lipinski definition) is 2. The smallest absolute Gasteiger partial charge is 0.257 e. The molecule has 7 heteroatoms. The second kappa shape index (κ2) is 5.02. The van der Waals surface area contributed by atoms with Crippen molar-refractivity contribution in [2.45, 2.75) is 0 Å². The highest BCUT2D eigenvalue weighted by Crippen LogP contribution is 2.19. The summed E-state index contributed by atoms with van der Waals surface area (Å²) >= 11 is 2.87. The summed E-state index contributed by atoms with van der Waals surface area (Å²) in [6, 6.07) is 1.89. The Morgan fingerprint density at radius 2 is 1.81 bits per heavy atom. The monoisotopic (exact) mass is 292 g/mol. The normalized spacial score (nSPS) is 9.94. The summed E-state index contributed by atoms with van der Waals surface area (Å²) in [4.78, 5) is 21.7. The van der Waals surface area contributed by atoms with Crippen LogP contribution in [0.3, 0.4) is 0 Å². The number of primary amides is 1. The van der Waals surface area contributed by atoms with E-state index in [0.29, 0.717) is 0 Å². The zero-order valence-corrected chi connectivity index (χ0v) is 9.48. The van der Waals surface area contributed by atoms with Crippen LogP contribution in [0.4, 0.5) is 8.78 Å². The third-order valence-electron chi connectivity index (χ3n) is 1.66. The molecule has 0 aliphatic rings. The van der Waals surface area contributed by atoms with Crippen molar-refractivity contribution < 1.29 is 18.4 Å². The summed E-state index contributed by atoms with van der Waals surface area (Å²) in [6.07, 6.45) is 0. The SMILES string of the molecule is NC(=O)CNC(=O)c1c(F)cc(Br)cc1F. The lowest BCUT2D eigenvalue weighted by atomic mass is 10.2. The van der Waals surface area contributed by atoms with E-state index in [1.165, 1.54) is 0 Å². The molecule has 3 N–H and O–H groups in total. The van der Waals surface area contributed by atoms with Crippen LogP contribution in [0.2, 0.25) is 0 Å². The van der Waals surface area contributed by atoms with Crippen molar-refractivity contribution in [3.8, 4) is 0 Å². The molecule has 1 aromatic rings. The van der Waals surface area contributed by atoms with Crippen LogP contribution in [0.5, 0.6) is 0 Å². The van der Waals surface area contributed by atoms with Gasteiger partial charge in [0.2, 0.25) is 5.91 Å². The van der Waals surface area contributed by atoms with Crippen molar-refractivity contribution in [2.75, 3.05) is 6.54 Å². The Labute approximate surface area is 97.9 Å². The molecule has 0 aromatic heterocycles. The van der Waals surface area contributed by atoms with Gasteiger partial charge in [-0.1, -0.05) is 15.9 Å². The van der Waals surface area contributed by atoms with E-state index >= 15 is 0 Å². The molecule has 0 fully saturated rings. The van der Waals surface area contributed by atoms with Crippen LogP contribution in [0.25, 0.3) is 0 Å². The molecule has 0 heterocycles. The Kier molecular flexibility index (Phi) is 3.94. The van der Waals surface area contributed by atoms with Gasteiger partial charge in [-0.05, 0) is 12.1 Å².